The minimum absolute atomic E-state index is 0. The lowest BCUT2D eigenvalue weighted by Crippen LogP contribution is -2.34. The number of rotatable bonds is 5. The summed E-state index contributed by atoms with van der Waals surface area (Å²) >= 11 is 0. The Morgan fingerprint density at radius 1 is 1.21 bits per heavy atom. The summed E-state index contributed by atoms with van der Waals surface area (Å²) in [5, 5.41) is 7.75. The van der Waals surface area contributed by atoms with Gasteiger partial charge in [-0.15, -0.1) is 12.4 Å². The molecule has 29 heavy (non-hydrogen) atoms. The van der Waals surface area contributed by atoms with E-state index in [4.69, 9.17) is 0 Å². The number of piperidine rings is 1. The number of nitrogens with one attached hydrogen (secondary N) is 1. The van der Waals surface area contributed by atoms with Gasteiger partial charge >= 0.3 is 6.18 Å². The lowest BCUT2D eigenvalue weighted by atomic mass is 10.1. The van der Waals surface area contributed by atoms with Crippen LogP contribution in [0.5, 0.6) is 0 Å². The van der Waals surface area contributed by atoms with E-state index in [-0.39, 0.29) is 42.5 Å². The first-order chi connectivity index (χ1) is 13.4. The molecule has 1 saturated carbocycles. The van der Waals surface area contributed by atoms with E-state index in [1.54, 1.807) is 23.0 Å². The molecule has 4 rings (SSSR count). The fraction of sp³-hybridized carbons (Fsp3) is 0.500. The van der Waals surface area contributed by atoms with Gasteiger partial charge in [-0.25, -0.2) is 0 Å². The number of carbonyl (C=O) groups is 1. The normalized spacial score (nSPS) is 19.5. The van der Waals surface area contributed by atoms with Gasteiger partial charge in [-0.1, -0.05) is 18.2 Å². The molecule has 5 nitrogen and oxygen atoms in total. The molecule has 0 spiro atoms. The molecule has 1 aromatic carbocycles. The molecule has 2 aromatic rings. The minimum atomic E-state index is -4.44. The molecule has 2 heterocycles. The summed E-state index contributed by atoms with van der Waals surface area (Å²) in [4.78, 5) is 14.6. The molecule has 1 aliphatic carbocycles. The zero-order valence-electron chi connectivity index (χ0n) is 15.9. The summed E-state index contributed by atoms with van der Waals surface area (Å²) < 4.78 is 41.8. The molecule has 1 aromatic heterocycles. The molecule has 1 N–H and O–H groups in total. The second kappa shape index (κ2) is 8.75. The van der Waals surface area contributed by atoms with Crippen LogP contribution in [0.25, 0.3) is 0 Å². The first-order valence-corrected chi connectivity index (χ1v) is 9.65. The predicted octanol–water partition coefficient (Wildman–Crippen LogP) is 4.05. The molecule has 1 atom stereocenters. The quantitative estimate of drug-likeness (QED) is 0.781. The standard InChI is InChI=1S/C20H23F3N4O.ClH/c21-20(22,23)17-6-2-1-4-14(17)13-26(15-7-8-15)19(28)18-9-11-27(25-18)16-5-3-10-24-12-16;/h1-2,4,6,9,11,15-16,24H,3,5,7-8,10,12-13H2;1H. The van der Waals surface area contributed by atoms with Crippen LogP contribution in [0.15, 0.2) is 36.5 Å². The summed E-state index contributed by atoms with van der Waals surface area (Å²) in [6.45, 7) is 1.73. The predicted molar refractivity (Wildman–Crippen MR) is 105 cm³/mol. The SMILES string of the molecule is Cl.O=C(c1ccn(C2CCCNC2)n1)N(Cc1ccccc1C(F)(F)F)C1CC1. The third kappa shape index (κ3) is 4.93. The summed E-state index contributed by atoms with van der Waals surface area (Å²) in [5.74, 6) is -0.304. The average molecular weight is 429 g/mol. The number of hydrogen-bond donors (Lipinski definition) is 1. The van der Waals surface area contributed by atoms with Crippen LogP contribution in [-0.4, -0.2) is 39.7 Å². The van der Waals surface area contributed by atoms with Crippen LogP contribution in [0.3, 0.4) is 0 Å². The Balaban J connectivity index is 0.00000240. The van der Waals surface area contributed by atoms with Gasteiger partial charge in [-0.2, -0.15) is 18.3 Å². The van der Waals surface area contributed by atoms with E-state index in [2.05, 4.69) is 10.4 Å². The largest absolute Gasteiger partial charge is 0.416 e. The monoisotopic (exact) mass is 428 g/mol. The van der Waals surface area contributed by atoms with Crippen LogP contribution in [0.4, 0.5) is 13.2 Å². The van der Waals surface area contributed by atoms with E-state index < -0.39 is 11.7 Å². The Hall–Kier alpha value is -2.06. The highest BCUT2D eigenvalue weighted by molar-refractivity contribution is 5.92. The average Bonchev–Trinajstić information content (AvgIpc) is 3.41. The van der Waals surface area contributed by atoms with Crippen LogP contribution >= 0.6 is 12.4 Å². The zero-order chi connectivity index (χ0) is 19.7. The third-order valence-electron chi connectivity index (χ3n) is 5.38. The highest BCUT2D eigenvalue weighted by Gasteiger charge is 2.37. The van der Waals surface area contributed by atoms with Gasteiger partial charge in [-0.3, -0.25) is 9.48 Å². The van der Waals surface area contributed by atoms with E-state index in [0.29, 0.717) is 5.69 Å². The second-order valence-electron chi connectivity index (χ2n) is 7.50. The van der Waals surface area contributed by atoms with Crippen LogP contribution in [0, 0.1) is 0 Å². The minimum Gasteiger partial charge on any atom is -0.330 e. The van der Waals surface area contributed by atoms with Crippen molar-refractivity contribution in [2.45, 2.75) is 50.5 Å². The lowest BCUT2D eigenvalue weighted by Gasteiger charge is -2.24. The topological polar surface area (TPSA) is 50.2 Å². The molecule has 1 saturated heterocycles. The Kier molecular flexibility index (Phi) is 6.53. The Morgan fingerprint density at radius 2 is 1.97 bits per heavy atom. The molecule has 2 aliphatic rings. The van der Waals surface area contributed by atoms with Crippen LogP contribution in [0.2, 0.25) is 0 Å². The fourth-order valence-corrected chi connectivity index (χ4v) is 3.73. The van der Waals surface area contributed by atoms with Crippen molar-refractivity contribution in [1.29, 1.82) is 0 Å². The molecule has 1 aliphatic heterocycles. The molecule has 1 unspecified atom stereocenters. The Labute approximate surface area is 173 Å². The zero-order valence-corrected chi connectivity index (χ0v) is 16.7. The molecular weight excluding hydrogens is 405 g/mol. The van der Waals surface area contributed by atoms with Gasteiger partial charge in [0.2, 0.25) is 0 Å². The number of carbonyl (C=O) groups excluding carboxylic acids is 1. The smallest absolute Gasteiger partial charge is 0.330 e. The van der Waals surface area contributed by atoms with Crippen molar-refractivity contribution in [2.24, 2.45) is 0 Å². The highest BCUT2D eigenvalue weighted by Crippen LogP contribution is 2.35. The van der Waals surface area contributed by atoms with E-state index >= 15 is 0 Å². The Morgan fingerprint density at radius 3 is 2.62 bits per heavy atom. The van der Waals surface area contributed by atoms with Crippen LogP contribution in [-0.2, 0) is 12.7 Å². The van der Waals surface area contributed by atoms with Crippen molar-refractivity contribution in [1.82, 2.24) is 20.0 Å². The number of benzene rings is 1. The van der Waals surface area contributed by atoms with Crippen molar-refractivity contribution in [2.75, 3.05) is 13.1 Å². The summed E-state index contributed by atoms with van der Waals surface area (Å²) in [6.07, 6.45) is 1.02. The molecule has 1 amide bonds. The maximum Gasteiger partial charge on any atom is 0.416 e. The maximum absolute atomic E-state index is 13.3. The first kappa shape index (κ1) is 21.6. The fourth-order valence-electron chi connectivity index (χ4n) is 3.73. The number of hydrogen-bond acceptors (Lipinski definition) is 3. The van der Waals surface area contributed by atoms with Crippen molar-refractivity contribution in [3.63, 3.8) is 0 Å². The Bertz CT molecular complexity index is 844. The number of aromatic nitrogens is 2. The van der Waals surface area contributed by atoms with Gasteiger partial charge in [0.1, 0.15) is 5.69 Å². The molecule has 9 heteroatoms. The van der Waals surface area contributed by atoms with Gasteiger partial charge in [0.05, 0.1) is 11.6 Å². The number of alkyl halides is 3. The summed E-state index contributed by atoms with van der Waals surface area (Å²) in [7, 11) is 0. The third-order valence-corrected chi connectivity index (χ3v) is 5.38. The van der Waals surface area contributed by atoms with E-state index in [9.17, 15) is 18.0 Å². The van der Waals surface area contributed by atoms with Gasteiger partial charge in [0.25, 0.3) is 5.91 Å². The molecule has 158 valence electrons. The summed E-state index contributed by atoms with van der Waals surface area (Å²) in [6, 6.07) is 7.31. The number of nitrogens with zero attached hydrogens (tertiary/aromatic N) is 3. The molecule has 0 bridgehead atoms. The molecular formula is C20H24ClF3N4O. The van der Waals surface area contributed by atoms with Gasteiger partial charge in [-0.05, 0) is 49.9 Å². The van der Waals surface area contributed by atoms with Crippen molar-refractivity contribution < 1.29 is 18.0 Å². The van der Waals surface area contributed by atoms with Gasteiger partial charge < -0.3 is 10.2 Å². The van der Waals surface area contributed by atoms with Crippen molar-refractivity contribution >= 4 is 18.3 Å². The first-order valence-electron chi connectivity index (χ1n) is 9.65. The second-order valence-corrected chi connectivity index (χ2v) is 7.50. The lowest BCUT2D eigenvalue weighted by molar-refractivity contribution is -0.138. The summed E-state index contributed by atoms with van der Waals surface area (Å²) in [5.41, 5.74) is -0.277. The van der Waals surface area contributed by atoms with Gasteiger partial charge in [0, 0.05) is 25.3 Å². The van der Waals surface area contributed by atoms with Crippen LogP contribution in [0.1, 0.15) is 53.3 Å². The molecule has 2 fully saturated rings. The van der Waals surface area contributed by atoms with Crippen molar-refractivity contribution in [3.8, 4) is 0 Å². The van der Waals surface area contributed by atoms with E-state index in [0.717, 1.165) is 44.8 Å². The maximum atomic E-state index is 13.3. The van der Waals surface area contributed by atoms with Crippen molar-refractivity contribution in [3.05, 3.63) is 53.3 Å². The molecule has 0 radical (unpaired) electrons. The van der Waals surface area contributed by atoms with E-state index in [1.165, 1.54) is 17.0 Å². The van der Waals surface area contributed by atoms with Gasteiger partial charge in [0.15, 0.2) is 0 Å². The highest BCUT2D eigenvalue weighted by atomic mass is 35.5. The van der Waals surface area contributed by atoms with Crippen LogP contribution < -0.4 is 5.32 Å². The number of amides is 1. The number of halogens is 4. The van der Waals surface area contributed by atoms with E-state index in [1.807, 2.05) is 0 Å².